The van der Waals surface area contributed by atoms with Crippen LogP contribution in [-0.4, -0.2) is 60.2 Å². The number of piperazine rings is 1. The van der Waals surface area contributed by atoms with E-state index in [4.69, 9.17) is 0 Å². The molecule has 21 heavy (non-hydrogen) atoms. The molecule has 1 N–H and O–H groups in total. The minimum absolute atomic E-state index is 0.597. The summed E-state index contributed by atoms with van der Waals surface area (Å²) in [6, 6.07) is 2.46. The van der Waals surface area contributed by atoms with Crippen molar-refractivity contribution in [2.75, 3.05) is 44.2 Å². The fourth-order valence-electron chi connectivity index (χ4n) is 2.86. The molecule has 1 aromatic rings. The Morgan fingerprint density at radius 2 is 1.81 bits per heavy atom. The van der Waals surface area contributed by atoms with Crippen LogP contribution in [0.15, 0.2) is 18.5 Å². The smallest absolute Gasteiger partial charge is 0.225 e. The molecule has 2 rings (SSSR count). The Morgan fingerprint density at radius 1 is 1.14 bits per heavy atom. The molecule has 5 heteroatoms. The van der Waals surface area contributed by atoms with E-state index >= 15 is 0 Å². The van der Waals surface area contributed by atoms with E-state index in [2.05, 4.69) is 45.9 Å². The summed E-state index contributed by atoms with van der Waals surface area (Å²) in [6.07, 6.45) is 4.87. The van der Waals surface area contributed by atoms with E-state index in [9.17, 15) is 0 Å². The number of likely N-dealkylation sites (N-methyl/N-ethyl adjacent to an activating group) is 1. The SMILES string of the molecule is CCNC(CN1CCN(c2ncccn2)CC1)C(C)CC. The molecule has 2 unspecified atom stereocenters. The highest BCUT2D eigenvalue weighted by atomic mass is 15.3. The fraction of sp³-hybridized carbons (Fsp3) is 0.750. The lowest BCUT2D eigenvalue weighted by atomic mass is 9.98. The molecule has 1 fully saturated rings. The average molecular weight is 291 g/mol. The van der Waals surface area contributed by atoms with Gasteiger partial charge < -0.3 is 10.2 Å². The van der Waals surface area contributed by atoms with E-state index < -0.39 is 0 Å². The molecular formula is C16H29N5. The van der Waals surface area contributed by atoms with Crippen molar-refractivity contribution in [1.82, 2.24) is 20.2 Å². The highest BCUT2D eigenvalue weighted by Gasteiger charge is 2.23. The van der Waals surface area contributed by atoms with Crippen molar-refractivity contribution in [3.05, 3.63) is 18.5 Å². The highest BCUT2D eigenvalue weighted by Crippen LogP contribution is 2.13. The van der Waals surface area contributed by atoms with Gasteiger partial charge >= 0.3 is 0 Å². The van der Waals surface area contributed by atoms with Gasteiger partial charge in [-0.2, -0.15) is 0 Å². The first-order valence-electron chi connectivity index (χ1n) is 8.22. The molecule has 0 amide bonds. The molecule has 0 radical (unpaired) electrons. The number of hydrogen-bond acceptors (Lipinski definition) is 5. The van der Waals surface area contributed by atoms with Crippen molar-refractivity contribution < 1.29 is 0 Å². The van der Waals surface area contributed by atoms with Crippen molar-refractivity contribution in [2.24, 2.45) is 5.92 Å². The van der Waals surface area contributed by atoms with Gasteiger partial charge in [0.25, 0.3) is 0 Å². The molecule has 1 aromatic heterocycles. The van der Waals surface area contributed by atoms with Crippen LogP contribution in [0.3, 0.4) is 0 Å². The zero-order chi connectivity index (χ0) is 15.1. The standard InChI is InChI=1S/C16H29N5/c1-4-14(3)15(17-5-2)13-20-9-11-21(12-10-20)16-18-7-6-8-19-16/h6-8,14-15,17H,4-5,9-13H2,1-3H3. The molecule has 1 aliphatic rings. The predicted octanol–water partition coefficient (Wildman–Crippen LogP) is 1.62. The second-order valence-corrected chi connectivity index (χ2v) is 5.89. The van der Waals surface area contributed by atoms with Crippen molar-refractivity contribution in [3.63, 3.8) is 0 Å². The van der Waals surface area contributed by atoms with E-state index in [1.165, 1.54) is 6.42 Å². The molecule has 1 aliphatic heterocycles. The molecule has 1 saturated heterocycles. The predicted molar refractivity (Wildman–Crippen MR) is 87.6 cm³/mol. The first-order valence-corrected chi connectivity index (χ1v) is 8.22. The quantitative estimate of drug-likeness (QED) is 0.827. The normalized spacial score (nSPS) is 19.5. The Morgan fingerprint density at radius 3 is 2.38 bits per heavy atom. The molecule has 0 bridgehead atoms. The van der Waals surface area contributed by atoms with Gasteiger partial charge in [-0.25, -0.2) is 9.97 Å². The molecule has 0 aromatic carbocycles. The van der Waals surface area contributed by atoms with Gasteiger partial charge in [0.1, 0.15) is 0 Å². The molecule has 0 saturated carbocycles. The zero-order valence-corrected chi connectivity index (χ0v) is 13.6. The monoisotopic (exact) mass is 291 g/mol. The topological polar surface area (TPSA) is 44.3 Å². The number of rotatable bonds is 7. The Balaban J connectivity index is 1.83. The molecule has 2 heterocycles. The van der Waals surface area contributed by atoms with Gasteiger partial charge in [0.2, 0.25) is 5.95 Å². The number of nitrogens with one attached hydrogen (secondary N) is 1. The number of anilines is 1. The van der Waals surface area contributed by atoms with Crippen molar-refractivity contribution >= 4 is 5.95 Å². The van der Waals surface area contributed by atoms with E-state index in [-0.39, 0.29) is 0 Å². The summed E-state index contributed by atoms with van der Waals surface area (Å²) in [5.41, 5.74) is 0. The van der Waals surface area contributed by atoms with Crippen molar-refractivity contribution in [2.45, 2.75) is 33.2 Å². The summed E-state index contributed by atoms with van der Waals surface area (Å²) in [5, 5.41) is 3.64. The van der Waals surface area contributed by atoms with Crippen LogP contribution in [0, 0.1) is 5.92 Å². The Hall–Kier alpha value is -1.20. The summed E-state index contributed by atoms with van der Waals surface area (Å²) >= 11 is 0. The van der Waals surface area contributed by atoms with Gasteiger partial charge in [-0.1, -0.05) is 27.2 Å². The summed E-state index contributed by atoms with van der Waals surface area (Å²) < 4.78 is 0. The Kier molecular flexibility index (Phi) is 6.39. The van der Waals surface area contributed by atoms with Crippen molar-refractivity contribution in [1.29, 1.82) is 0 Å². The van der Waals surface area contributed by atoms with Crippen molar-refractivity contribution in [3.8, 4) is 0 Å². The van der Waals surface area contributed by atoms with Gasteiger partial charge in [0, 0.05) is 51.2 Å². The molecule has 2 atom stereocenters. The lowest BCUT2D eigenvalue weighted by molar-refractivity contribution is 0.202. The van der Waals surface area contributed by atoms with Crippen LogP contribution >= 0.6 is 0 Å². The molecule has 5 nitrogen and oxygen atoms in total. The largest absolute Gasteiger partial charge is 0.338 e. The van der Waals surface area contributed by atoms with E-state index in [1.807, 2.05) is 18.5 Å². The second kappa shape index (κ2) is 8.29. The zero-order valence-electron chi connectivity index (χ0n) is 13.6. The van der Waals surface area contributed by atoms with Crippen LogP contribution in [0.2, 0.25) is 0 Å². The summed E-state index contributed by atoms with van der Waals surface area (Å²) in [4.78, 5) is 13.5. The maximum Gasteiger partial charge on any atom is 0.225 e. The Labute approximate surface area is 128 Å². The molecule has 0 aliphatic carbocycles. The summed E-state index contributed by atoms with van der Waals surface area (Å²) in [5.74, 6) is 1.59. The maximum absolute atomic E-state index is 4.34. The maximum atomic E-state index is 4.34. The Bertz CT molecular complexity index is 389. The third-order valence-electron chi connectivity index (χ3n) is 4.46. The minimum atomic E-state index is 0.597. The number of aromatic nitrogens is 2. The first kappa shape index (κ1) is 16.2. The highest BCUT2D eigenvalue weighted by molar-refractivity contribution is 5.29. The van der Waals surface area contributed by atoms with Gasteiger partial charge in [-0.05, 0) is 18.5 Å². The van der Waals surface area contributed by atoms with Gasteiger partial charge in [-0.3, -0.25) is 4.90 Å². The third kappa shape index (κ3) is 4.64. The van der Waals surface area contributed by atoms with Crippen LogP contribution in [0.1, 0.15) is 27.2 Å². The molecule has 118 valence electrons. The van der Waals surface area contributed by atoms with E-state index in [1.54, 1.807) is 0 Å². The van der Waals surface area contributed by atoms with E-state index in [0.29, 0.717) is 6.04 Å². The lowest BCUT2D eigenvalue weighted by Crippen LogP contribution is -2.52. The molecule has 0 spiro atoms. The van der Waals surface area contributed by atoms with Crippen LogP contribution in [0.5, 0.6) is 0 Å². The van der Waals surface area contributed by atoms with Crippen LogP contribution in [0.4, 0.5) is 5.95 Å². The number of nitrogens with zero attached hydrogens (tertiary/aromatic N) is 4. The van der Waals surface area contributed by atoms with E-state index in [0.717, 1.165) is 51.1 Å². The van der Waals surface area contributed by atoms with Gasteiger partial charge in [0.05, 0.1) is 0 Å². The average Bonchev–Trinajstić information content (AvgIpc) is 2.55. The first-order chi connectivity index (χ1) is 10.2. The van der Waals surface area contributed by atoms with Gasteiger partial charge in [-0.15, -0.1) is 0 Å². The minimum Gasteiger partial charge on any atom is -0.338 e. The van der Waals surface area contributed by atoms with Crippen LogP contribution in [-0.2, 0) is 0 Å². The lowest BCUT2D eigenvalue weighted by Gasteiger charge is -2.37. The number of hydrogen-bond donors (Lipinski definition) is 1. The van der Waals surface area contributed by atoms with Gasteiger partial charge in [0.15, 0.2) is 0 Å². The molecular weight excluding hydrogens is 262 g/mol. The van der Waals surface area contributed by atoms with Crippen LogP contribution < -0.4 is 10.2 Å². The summed E-state index contributed by atoms with van der Waals surface area (Å²) in [6.45, 7) is 13.2. The third-order valence-corrected chi connectivity index (χ3v) is 4.46. The summed E-state index contributed by atoms with van der Waals surface area (Å²) in [7, 11) is 0. The van der Waals surface area contributed by atoms with Crippen LogP contribution in [0.25, 0.3) is 0 Å². The second-order valence-electron chi connectivity index (χ2n) is 5.89. The fourth-order valence-corrected chi connectivity index (χ4v) is 2.86.